The van der Waals surface area contributed by atoms with Crippen molar-refractivity contribution in [3.05, 3.63) is 0 Å². The highest BCUT2D eigenvalue weighted by atomic mass is 35.5. The van der Waals surface area contributed by atoms with Crippen LogP contribution in [-0.2, 0) is 0 Å². The van der Waals surface area contributed by atoms with Crippen LogP contribution in [0.15, 0.2) is 0 Å². The molecule has 0 aromatic rings. The van der Waals surface area contributed by atoms with Crippen LogP contribution in [0.1, 0.15) is 0 Å². The third-order valence-corrected chi connectivity index (χ3v) is 14.8. The van der Waals surface area contributed by atoms with E-state index in [0.29, 0.717) is 0 Å². The standard InChI is InChI=1S/C9HCl11/c10-1-2(11)4(14)6(16,3(1,12)13)8(18)5(2,15)7(4,17)9(8,19)20/h1H. The van der Waals surface area contributed by atoms with E-state index >= 15 is 0 Å². The number of rotatable bonds is 0. The molecule has 5 rings (SSSR count). The zero-order valence-corrected chi connectivity index (χ0v) is 17.1. The fourth-order valence-corrected chi connectivity index (χ4v) is 13.1. The first-order valence-corrected chi connectivity index (χ1v) is 9.40. The van der Waals surface area contributed by atoms with Crippen molar-refractivity contribution < 1.29 is 0 Å². The van der Waals surface area contributed by atoms with Gasteiger partial charge in [-0.2, -0.15) is 0 Å². The summed E-state index contributed by atoms with van der Waals surface area (Å²) in [5.41, 5.74) is 0. The topological polar surface area (TPSA) is 0 Å². The SMILES string of the molecule is ClC1C(Cl)(Cl)C2(Cl)C3(Cl)C(Cl)(Cl)C4(Cl)C2(Cl)C1(Cl)C34Cl. The molecule has 0 aromatic carbocycles. The molecular weight excluding hydrogens is 498 g/mol. The van der Waals surface area contributed by atoms with Crippen molar-refractivity contribution in [1.29, 1.82) is 0 Å². The molecule has 5 aliphatic rings. The minimum absolute atomic E-state index is 1.10. The molecule has 114 valence electrons. The van der Waals surface area contributed by atoms with Gasteiger partial charge in [-0.05, 0) is 0 Å². The van der Waals surface area contributed by atoms with Crippen LogP contribution >= 0.6 is 128 Å². The quantitative estimate of drug-likeness (QED) is 0.367. The minimum atomic E-state index is -1.83. The number of halogens is 11. The summed E-state index contributed by atoms with van der Waals surface area (Å²) in [5, 5.41) is -1.10. The smallest absolute Gasteiger partial charge is 0.118 e. The van der Waals surface area contributed by atoms with Crippen molar-refractivity contribution in [1.82, 2.24) is 0 Å². The molecule has 0 radical (unpaired) electrons. The average Bonchev–Trinajstić information content (AvgIpc) is 2.62. The summed E-state index contributed by atoms with van der Waals surface area (Å²) >= 11 is 71.3. The Bertz CT molecular complexity index is 588. The zero-order valence-electron chi connectivity index (χ0n) is 8.73. The fraction of sp³-hybridized carbons (Fsp3) is 1.00. The summed E-state index contributed by atoms with van der Waals surface area (Å²) in [6, 6.07) is 0. The van der Waals surface area contributed by atoms with Gasteiger partial charge in [-0.15, -0.1) is 81.2 Å². The van der Waals surface area contributed by atoms with Crippen LogP contribution < -0.4 is 0 Å². The van der Waals surface area contributed by atoms with E-state index < -0.39 is 43.3 Å². The summed E-state index contributed by atoms with van der Waals surface area (Å²) in [6.45, 7) is 0. The van der Waals surface area contributed by atoms with Gasteiger partial charge >= 0.3 is 0 Å². The molecule has 5 aliphatic carbocycles. The lowest BCUT2D eigenvalue weighted by Gasteiger charge is -2.79. The highest BCUT2D eigenvalue weighted by Gasteiger charge is 3.24. The van der Waals surface area contributed by atoms with Crippen molar-refractivity contribution >= 4 is 128 Å². The molecule has 0 amide bonds. The van der Waals surface area contributed by atoms with Crippen molar-refractivity contribution in [3.8, 4) is 0 Å². The van der Waals surface area contributed by atoms with E-state index in [-0.39, 0.29) is 0 Å². The normalized spacial score (nSPS) is 74.2. The monoisotopic (exact) mass is 494 g/mol. The van der Waals surface area contributed by atoms with Gasteiger partial charge < -0.3 is 0 Å². The Kier molecular flexibility index (Phi) is 2.82. The van der Waals surface area contributed by atoms with Gasteiger partial charge in [-0.3, -0.25) is 0 Å². The van der Waals surface area contributed by atoms with Crippen LogP contribution in [0.5, 0.6) is 0 Å². The van der Waals surface area contributed by atoms with Gasteiger partial charge in [-0.1, -0.05) is 46.4 Å². The number of hydrogen-bond acceptors (Lipinski definition) is 0. The van der Waals surface area contributed by atoms with Gasteiger partial charge in [0, 0.05) is 0 Å². The average molecular weight is 499 g/mol. The molecular formula is C9HCl11. The summed E-state index contributed by atoms with van der Waals surface area (Å²) in [4.78, 5) is -9.99. The Balaban J connectivity index is 2.19. The maximum Gasteiger partial charge on any atom is 0.163 e. The lowest BCUT2D eigenvalue weighted by atomic mass is 9.48. The summed E-state index contributed by atoms with van der Waals surface area (Å²) < 4.78 is -3.61. The Morgan fingerprint density at radius 3 is 1.25 bits per heavy atom. The van der Waals surface area contributed by atoms with E-state index in [1.165, 1.54) is 0 Å². The van der Waals surface area contributed by atoms with Crippen LogP contribution in [0.4, 0.5) is 0 Å². The second-order valence-electron chi connectivity index (χ2n) is 5.56. The molecule has 11 heteroatoms. The fourth-order valence-electron chi connectivity index (χ4n) is 4.64. The minimum Gasteiger partial charge on any atom is -0.118 e. The molecule has 5 fully saturated rings. The number of hydrogen-bond donors (Lipinski definition) is 0. The molecule has 0 N–H and O–H groups in total. The summed E-state index contributed by atoms with van der Waals surface area (Å²) in [7, 11) is 0. The van der Waals surface area contributed by atoms with E-state index in [0.717, 1.165) is 0 Å². The van der Waals surface area contributed by atoms with Crippen LogP contribution in [-0.4, -0.2) is 43.3 Å². The lowest BCUT2D eigenvalue weighted by molar-refractivity contribution is 0.0502. The van der Waals surface area contributed by atoms with Crippen LogP contribution in [0.3, 0.4) is 0 Å². The Morgan fingerprint density at radius 2 is 0.850 bits per heavy atom. The van der Waals surface area contributed by atoms with E-state index in [9.17, 15) is 0 Å². The molecule has 0 saturated heterocycles. The third-order valence-electron chi connectivity index (χ3n) is 5.37. The van der Waals surface area contributed by atoms with Crippen molar-refractivity contribution in [3.63, 3.8) is 0 Å². The molecule has 0 aliphatic heterocycles. The predicted octanol–water partition coefficient (Wildman–Crippen LogP) is 5.86. The van der Waals surface area contributed by atoms with Crippen molar-refractivity contribution in [2.24, 2.45) is 0 Å². The van der Waals surface area contributed by atoms with Crippen molar-refractivity contribution in [2.75, 3.05) is 0 Å². The van der Waals surface area contributed by atoms with Gasteiger partial charge in [0.2, 0.25) is 0 Å². The van der Waals surface area contributed by atoms with Crippen LogP contribution in [0, 0.1) is 0 Å². The summed E-state index contributed by atoms with van der Waals surface area (Å²) in [5.74, 6) is 0. The first kappa shape index (κ1) is 16.6. The molecule has 0 nitrogen and oxygen atoms in total. The first-order chi connectivity index (χ1) is 8.65. The molecule has 5 saturated carbocycles. The molecule has 0 spiro atoms. The van der Waals surface area contributed by atoms with Gasteiger partial charge in [0.25, 0.3) is 0 Å². The molecule has 0 heterocycles. The molecule has 7 unspecified atom stereocenters. The van der Waals surface area contributed by atoms with Gasteiger partial charge in [0.15, 0.2) is 8.67 Å². The summed E-state index contributed by atoms with van der Waals surface area (Å²) in [6.07, 6.45) is 0. The van der Waals surface area contributed by atoms with Gasteiger partial charge in [-0.25, -0.2) is 0 Å². The Hall–Kier alpha value is 3.19. The van der Waals surface area contributed by atoms with Crippen LogP contribution in [0.2, 0.25) is 0 Å². The van der Waals surface area contributed by atoms with Crippen molar-refractivity contribution in [2.45, 2.75) is 43.3 Å². The van der Waals surface area contributed by atoms with Gasteiger partial charge in [0.1, 0.15) is 29.2 Å². The molecule has 20 heavy (non-hydrogen) atoms. The highest BCUT2D eigenvalue weighted by Crippen LogP contribution is 3.06. The lowest BCUT2D eigenvalue weighted by Crippen LogP contribution is -3.00. The Morgan fingerprint density at radius 1 is 0.500 bits per heavy atom. The second kappa shape index (κ2) is 3.39. The third kappa shape index (κ3) is 0.781. The largest absolute Gasteiger partial charge is 0.163 e. The maximum absolute atomic E-state index is 6.67. The second-order valence-corrected chi connectivity index (χ2v) is 12.1. The van der Waals surface area contributed by atoms with E-state index in [1.807, 2.05) is 0 Å². The van der Waals surface area contributed by atoms with E-state index in [1.54, 1.807) is 0 Å². The number of alkyl halides is 11. The molecule has 6 bridgehead atoms. The first-order valence-electron chi connectivity index (χ1n) is 5.19. The maximum atomic E-state index is 6.67. The predicted molar refractivity (Wildman–Crippen MR) is 90.0 cm³/mol. The molecule has 7 atom stereocenters. The van der Waals surface area contributed by atoms with E-state index in [4.69, 9.17) is 128 Å². The van der Waals surface area contributed by atoms with Crippen LogP contribution in [0.25, 0.3) is 0 Å². The van der Waals surface area contributed by atoms with Gasteiger partial charge in [0.05, 0.1) is 5.38 Å². The van der Waals surface area contributed by atoms with E-state index in [2.05, 4.69) is 0 Å². The Labute approximate surface area is 169 Å². The molecule has 0 aromatic heterocycles. The zero-order chi connectivity index (χ0) is 15.6. The highest BCUT2D eigenvalue weighted by molar-refractivity contribution is 6.79.